The molecule has 0 amide bonds. The lowest BCUT2D eigenvalue weighted by Crippen LogP contribution is -2.37. The van der Waals surface area contributed by atoms with E-state index >= 15 is 0 Å². The molecule has 1 aromatic rings. The molecule has 0 unspecified atom stereocenters. The third-order valence-corrected chi connectivity index (χ3v) is 3.46. The molecule has 0 aliphatic heterocycles. The quantitative estimate of drug-likeness (QED) is 0.817. The minimum absolute atomic E-state index is 0.194. The molecule has 1 aromatic carbocycles. The van der Waals surface area contributed by atoms with Crippen molar-refractivity contribution in [3.8, 4) is 0 Å². The fraction of sp³-hybridized carbons (Fsp3) is 0.500. The highest BCUT2D eigenvalue weighted by Crippen LogP contribution is 2.47. The zero-order valence-electron chi connectivity index (χ0n) is 8.60. The fourth-order valence-corrected chi connectivity index (χ4v) is 2.45. The molecule has 2 rings (SSSR count). The van der Waals surface area contributed by atoms with Gasteiger partial charge in [-0.3, -0.25) is 0 Å². The summed E-state index contributed by atoms with van der Waals surface area (Å²) < 4.78 is 26.7. The van der Waals surface area contributed by atoms with E-state index in [4.69, 9.17) is 5.73 Å². The van der Waals surface area contributed by atoms with Crippen LogP contribution in [-0.2, 0) is 5.41 Å². The first kappa shape index (κ1) is 10.6. The summed E-state index contributed by atoms with van der Waals surface area (Å²) >= 11 is 0. The number of hydrogen-bond donors (Lipinski definition) is 1. The van der Waals surface area contributed by atoms with Crippen LogP contribution >= 0.6 is 0 Å². The Labute approximate surface area is 88.3 Å². The Balaban J connectivity index is 2.38. The Kier molecular flexibility index (Phi) is 2.74. The van der Waals surface area contributed by atoms with E-state index in [9.17, 15) is 8.78 Å². The number of benzene rings is 1. The van der Waals surface area contributed by atoms with Crippen LogP contribution in [0.3, 0.4) is 0 Å². The molecule has 0 radical (unpaired) electrons. The smallest absolute Gasteiger partial charge is 0.162 e. The molecule has 1 fully saturated rings. The zero-order valence-corrected chi connectivity index (χ0v) is 8.60. The lowest BCUT2D eigenvalue weighted by molar-refractivity contribution is 0.219. The first-order valence-corrected chi connectivity index (χ1v) is 5.34. The fourth-order valence-electron chi connectivity index (χ4n) is 2.45. The van der Waals surface area contributed by atoms with Crippen molar-refractivity contribution in [2.24, 2.45) is 5.73 Å². The van der Waals surface area contributed by atoms with Gasteiger partial charge >= 0.3 is 0 Å². The second-order valence-electron chi connectivity index (χ2n) is 4.27. The first-order chi connectivity index (χ1) is 7.19. The topological polar surface area (TPSA) is 26.0 Å². The van der Waals surface area contributed by atoms with Crippen LogP contribution < -0.4 is 5.73 Å². The van der Waals surface area contributed by atoms with E-state index in [1.54, 1.807) is 12.1 Å². The van der Waals surface area contributed by atoms with Crippen LogP contribution in [-0.4, -0.2) is 6.54 Å². The van der Waals surface area contributed by atoms with Gasteiger partial charge in [0.05, 0.1) is 0 Å². The zero-order chi connectivity index (χ0) is 10.9. The third kappa shape index (κ3) is 1.65. The highest BCUT2D eigenvalue weighted by Gasteiger charge is 2.40. The van der Waals surface area contributed by atoms with Crippen molar-refractivity contribution >= 4 is 0 Å². The Morgan fingerprint density at radius 3 is 2.53 bits per heavy atom. The molecule has 1 saturated carbocycles. The van der Waals surface area contributed by atoms with E-state index in [1.807, 2.05) is 0 Å². The highest BCUT2D eigenvalue weighted by molar-refractivity contribution is 5.30. The maximum Gasteiger partial charge on any atom is 0.162 e. The molecule has 2 N–H and O–H groups in total. The summed E-state index contributed by atoms with van der Waals surface area (Å²) in [5, 5.41) is 0. The average molecular weight is 211 g/mol. The number of rotatable bonds is 3. The Bertz CT molecular complexity index is 359. The molecule has 1 nitrogen and oxygen atoms in total. The Morgan fingerprint density at radius 2 is 2.00 bits per heavy atom. The van der Waals surface area contributed by atoms with Crippen molar-refractivity contribution in [1.29, 1.82) is 0 Å². The normalized spacial score (nSPS) is 18.6. The molecule has 0 bridgehead atoms. The molecule has 15 heavy (non-hydrogen) atoms. The number of nitrogens with two attached hydrogens (primary N) is 1. The van der Waals surface area contributed by atoms with Crippen molar-refractivity contribution in [2.45, 2.75) is 31.1 Å². The SMILES string of the molecule is NCCC1(c2cccc(F)c2F)CCC1. The number of hydrogen-bond acceptors (Lipinski definition) is 1. The number of halogens is 2. The van der Waals surface area contributed by atoms with E-state index in [1.165, 1.54) is 0 Å². The molecular formula is C12H15F2N. The van der Waals surface area contributed by atoms with E-state index in [0.717, 1.165) is 31.7 Å². The van der Waals surface area contributed by atoms with Gasteiger partial charge in [-0.25, -0.2) is 8.78 Å². The van der Waals surface area contributed by atoms with Gasteiger partial charge in [-0.1, -0.05) is 18.6 Å². The van der Waals surface area contributed by atoms with Crippen LogP contribution in [0.15, 0.2) is 18.2 Å². The second kappa shape index (κ2) is 3.89. The van der Waals surface area contributed by atoms with Crippen molar-refractivity contribution < 1.29 is 8.78 Å². The lowest BCUT2D eigenvalue weighted by atomic mass is 9.62. The summed E-state index contributed by atoms with van der Waals surface area (Å²) in [5.41, 5.74) is 5.85. The average Bonchev–Trinajstić information content (AvgIpc) is 2.17. The van der Waals surface area contributed by atoms with E-state index in [2.05, 4.69) is 0 Å². The molecule has 82 valence electrons. The molecule has 0 saturated heterocycles. The predicted molar refractivity (Wildman–Crippen MR) is 55.6 cm³/mol. The molecule has 1 aliphatic rings. The maximum atomic E-state index is 13.6. The van der Waals surface area contributed by atoms with Gasteiger partial charge in [0.2, 0.25) is 0 Å². The third-order valence-electron chi connectivity index (χ3n) is 3.46. The van der Waals surface area contributed by atoms with Gasteiger partial charge in [0.1, 0.15) is 0 Å². The van der Waals surface area contributed by atoms with Gasteiger partial charge in [-0.05, 0) is 42.9 Å². The molecule has 0 aromatic heterocycles. The van der Waals surface area contributed by atoms with Crippen molar-refractivity contribution in [1.82, 2.24) is 0 Å². The largest absolute Gasteiger partial charge is 0.330 e. The highest BCUT2D eigenvalue weighted by atomic mass is 19.2. The molecule has 3 heteroatoms. The van der Waals surface area contributed by atoms with Crippen molar-refractivity contribution in [2.75, 3.05) is 6.54 Å². The Hall–Kier alpha value is -0.960. The molecule has 1 aliphatic carbocycles. The molecule has 0 atom stereocenters. The van der Waals surface area contributed by atoms with Crippen LogP contribution in [0.25, 0.3) is 0 Å². The summed E-state index contributed by atoms with van der Waals surface area (Å²) in [7, 11) is 0. The van der Waals surface area contributed by atoms with Crippen LogP contribution in [0.2, 0.25) is 0 Å². The predicted octanol–water partition coefficient (Wildman–Crippen LogP) is 2.74. The maximum absolute atomic E-state index is 13.6. The monoisotopic (exact) mass is 211 g/mol. The van der Waals surface area contributed by atoms with E-state index in [0.29, 0.717) is 12.1 Å². The van der Waals surface area contributed by atoms with E-state index in [-0.39, 0.29) is 5.41 Å². The standard InChI is InChI=1S/C12H15F2N/c13-10-4-1-3-9(11(10)14)12(7-8-15)5-2-6-12/h1,3-4H,2,5-8,15H2. The molecular weight excluding hydrogens is 196 g/mol. The van der Waals surface area contributed by atoms with Gasteiger partial charge < -0.3 is 5.73 Å². The lowest BCUT2D eigenvalue weighted by Gasteiger charge is -2.42. The van der Waals surface area contributed by atoms with Crippen LogP contribution in [0, 0.1) is 11.6 Å². The summed E-state index contributed by atoms with van der Waals surface area (Å²) in [6, 6.07) is 4.42. The summed E-state index contributed by atoms with van der Waals surface area (Å²) in [6.45, 7) is 0.524. The molecule has 0 spiro atoms. The van der Waals surface area contributed by atoms with Crippen molar-refractivity contribution in [3.63, 3.8) is 0 Å². The van der Waals surface area contributed by atoms with Crippen LogP contribution in [0.4, 0.5) is 8.78 Å². The van der Waals surface area contributed by atoms with Gasteiger partial charge in [0.15, 0.2) is 11.6 Å². The van der Waals surface area contributed by atoms with Gasteiger partial charge in [-0.15, -0.1) is 0 Å². The minimum Gasteiger partial charge on any atom is -0.330 e. The summed E-state index contributed by atoms with van der Waals surface area (Å²) in [5.74, 6) is -1.44. The summed E-state index contributed by atoms with van der Waals surface area (Å²) in [4.78, 5) is 0. The van der Waals surface area contributed by atoms with Gasteiger partial charge in [0, 0.05) is 0 Å². The minimum atomic E-state index is -0.754. The second-order valence-corrected chi connectivity index (χ2v) is 4.27. The van der Waals surface area contributed by atoms with Crippen LogP contribution in [0.5, 0.6) is 0 Å². The Morgan fingerprint density at radius 1 is 1.27 bits per heavy atom. The van der Waals surface area contributed by atoms with Gasteiger partial charge in [0.25, 0.3) is 0 Å². The van der Waals surface area contributed by atoms with E-state index < -0.39 is 11.6 Å². The van der Waals surface area contributed by atoms with Crippen LogP contribution in [0.1, 0.15) is 31.2 Å². The van der Waals surface area contributed by atoms with Crippen molar-refractivity contribution in [3.05, 3.63) is 35.4 Å². The van der Waals surface area contributed by atoms with Gasteiger partial charge in [-0.2, -0.15) is 0 Å². The molecule has 0 heterocycles. The first-order valence-electron chi connectivity index (χ1n) is 5.34. The summed E-state index contributed by atoms with van der Waals surface area (Å²) in [6.07, 6.45) is 3.67.